The molecular weight excluding hydrogens is 274 g/mol. The van der Waals surface area contributed by atoms with Crippen LogP contribution in [0.4, 0.5) is 4.79 Å². The van der Waals surface area contributed by atoms with Crippen LogP contribution in [0.5, 0.6) is 0 Å². The second-order valence-corrected chi connectivity index (χ2v) is 4.74. The maximum atomic E-state index is 12.2. The number of nitrogens with zero attached hydrogens (tertiary/aromatic N) is 2. The highest BCUT2D eigenvalue weighted by Gasteiger charge is 2.32. The largest absolute Gasteiger partial charge is 0.480 e. The molecule has 1 saturated heterocycles. The summed E-state index contributed by atoms with van der Waals surface area (Å²) in [5.74, 6) is -1.06. The van der Waals surface area contributed by atoms with E-state index in [0.717, 1.165) is 17.7 Å². The zero-order valence-electron chi connectivity index (χ0n) is 11.9. The molecule has 21 heavy (non-hydrogen) atoms. The molecule has 1 aromatic rings. The summed E-state index contributed by atoms with van der Waals surface area (Å²) in [7, 11) is 0. The van der Waals surface area contributed by atoms with Crippen molar-refractivity contribution in [3.63, 3.8) is 0 Å². The fourth-order valence-electron chi connectivity index (χ4n) is 2.26. The summed E-state index contributed by atoms with van der Waals surface area (Å²) in [5, 5.41) is 11.8. The van der Waals surface area contributed by atoms with E-state index in [0.29, 0.717) is 6.61 Å². The fourth-order valence-corrected chi connectivity index (χ4v) is 2.26. The molecule has 0 aromatic carbocycles. The number of carbonyl (C=O) groups is 2. The van der Waals surface area contributed by atoms with Crippen LogP contribution >= 0.6 is 0 Å². The molecule has 2 heterocycles. The minimum Gasteiger partial charge on any atom is -0.480 e. The Labute approximate surface area is 122 Å². The van der Waals surface area contributed by atoms with Gasteiger partial charge in [0, 0.05) is 12.7 Å². The Balaban J connectivity index is 1.99. The number of rotatable bonds is 4. The van der Waals surface area contributed by atoms with E-state index in [2.05, 4.69) is 10.3 Å². The number of urea groups is 1. The molecule has 1 atom stereocenters. The van der Waals surface area contributed by atoms with Crippen LogP contribution in [0.3, 0.4) is 0 Å². The van der Waals surface area contributed by atoms with Crippen molar-refractivity contribution >= 4 is 12.0 Å². The molecule has 7 heteroatoms. The fraction of sp³-hybridized carbons (Fsp3) is 0.500. The van der Waals surface area contributed by atoms with Gasteiger partial charge in [-0.1, -0.05) is 13.0 Å². The van der Waals surface area contributed by atoms with Crippen LogP contribution in [0.2, 0.25) is 0 Å². The molecule has 0 spiro atoms. The van der Waals surface area contributed by atoms with Crippen LogP contribution in [0.15, 0.2) is 18.3 Å². The van der Waals surface area contributed by atoms with Crippen molar-refractivity contribution in [3.05, 3.63) is 29.6 Å². The van der Waals surface area contributed by atoms with Crippen LogP contribution in [-0.4, -0.2) is 52.8 Å². The molecule has 2 N–H and O–H groups in total. The van der Waals surface area contributed by atoms with Gasteiger partial charge in [-0.25, -0.2) is 9.59 Å². The molecule has 0 radical (unpaired) electrons. The third-order valence-corrected chi connectivity index (χ3v) is 3.45. The lowest BCUT2D eigenvalue weighted by atomic mass is 10.1. The number of aliphatic carboxylic acids is 1. The quantitative estimate of drug-likeness (QED) is 0.850. The lowest BCUT2D eigenvalue weighted by Crippen LogP contribution is -2.55. The van der Waals surface area contributed by atoms with Crippen molar-refractivity contribution < 1.29 is 19.4 Å². The number of ether oxygens (including phenoxy) is 1. The van der Waals surface area contributed by atoms with E-state index in [4.69, 9.17) is 9.84 Å². The predicted molar refractivity (Wildman–Crippen MR) is 74.8 cm³/mol. The Bertz CT molecular complexity index is 521. The molecule has 2 rings (SSSR count). The van der Waals surface area contributed by atoms with Crippen molar-refractivity contribution in [3.8, 4) is 0 Å². The van der Waals surface area contributed by atoms with Crippen molar-refractivity contribution in [2.24, 2.45) is 0 Å². The van der Waals surface area contributed by atoms with Gasteiger partial charge >= 0.3 is 12.0 Å². The third kappa shape index (κ3) is 3.69. The van der Waals surface area contributed by atoms with Gasteiger partial charge in [0.1, 0.15) is 0 Å². The number of aromatic nitrogens is 1. The molecule has 1 unspecified atom stereocenters. The molecule has 1 aliphatic rings. The molecule has 114 valence electrons. The SMILES string of the molecule is CCc1cccnc1CNC(=O)N1CCOCC1C(=O)O. The lowest BCUT2D eigenvalue weighted by Gasteiger charge is -2.32. The molecular formula is C14H19N3O4. The third-order valence-electron chi connectivity index (χ3n) is 3.45. The summed E-state index contributed by atoms with van der Waals surface area (Å²) >= 11 is 0. The number of carbonyl (C=O) groups excluding carboxylic acids is 1. The Kier molecular flexibility index (Phi) is 5.10. The van der Waals surface area contributed by atoms with E-state index >= 15 is 0 Å². The van der Waals surface area contributed by atoms with Crippen LogP contribution < -0.4 is 5.32 Å². The van der Waals surface area contributed by atoms with Crippen molar-refractivity contribution in [2.75, 3.05) is 19.8 Å². The van der Waals surface area contributed by atoms with Gasteiger partial charge in [-0.15, -0.1) is 0 Å². The first kappa shape index (κ1) is 15.2. The summed E-state index contributed by atoms with van der Waals surface area (Å²) in [4.78, 5) is 28.8. The van der Waals surface area contributed by atoms with Crippen LogP contribution in [0.1, 0.15) is 18.2 Å². The van der Waals surface area contributed by atoms with Crippen LogP contribution in [0.25, 0.3) is 0 Å². The van der Waals surface area contributed by atoms with E-state index in [9.17, 15) is 9.59 Å². The smallest absolute Gasteiger partial charge is 0.328 e. The van der Waals surface area contributed by atoms with Crippen LogP contribution in [0, 0.1) is 0 Å². The first-order valence-electron chi connectivity index (χ1n) is 6.91. The number of morpholine rings is 1. The standard InChI is InChI=1S/C14H19N3O4/c1-2-10-4-3-5-15-11(10)8-16-14(20)17-6-7-21-9-12(17)13(18)19/h3-5,12H,2,6-9H2,1H3,(H,16,20)(H,18,19). The Morgan fingerprint density at radius 1 is 1.57 bits per heavy atom. The highest BCUT2D eigenvalue weighted by atomic mass is 16.5. The number of carboxylic acid groups (broad SMARTS) is 1. The summed E-state index contributed by atoms with van der Waals surface area (Å²) < 4.78 is 5.11. The number of hydrogen-bond donors (Lipinski definition) is 2. The first-order chi connectivity index (χ1) is 10.1. The number of hydrogen-bond acceptors (Lipinski definition) is 4. The maximum Gasteiger partial charge on any atom is 0.328 e. The predicted octanol–water partition coefficient (Wildman–Crippen LogP) is 0.639. The van der Waals surface area contributed by atoms with E-state index in [-0.39, 0.29) is 19.7 Å². The average Bonchev–Trinajstić information content (AvgIpc) is 2.52. The van der Waals surface area contributed by atoms with Crippen molar-refractivity contribution in [2.45, 2.75) is 25.9 Å². The molecule has 0 bridgehead atoms. The molecule has 7 nitrogen and oxygen atoms in total. The van der Waals surface area contributed by atoms with Gasteiger partial charge in [0.25, 0.3) is 0 Å². The van der Waals surface area contributed by atoms with Crippen LogP contribution in [-0.2, 0) is 22.5 Å². The highest BCUT2D eigenvalue weighted by Crippen LogP contribution is 2.09. The summed E-state index contributed by atoms with van der Waals surface area (Å²) in [6.07, 6.45) is 2.50. The van der Waals surface area contributed by atoms with E-state index in [1.807, 2.05) is 19.1 Å². The zero-order chi connectivity index (χ0) is 15.2. The molecule has 0 saturated carbocycles. The zero-order valence-corrected chi connectivity index (χ0v) is 11.9. The van der Waals surface area contributed by atoms with Gasteiger partial charge in [0.05, 0.1) is 25.5 Å². The second kappa shape index (κ2) is 7.03. The van der Waals surface area contributed by atoms with Crippen molar-refractivity contribution in [1.82, 2.24) is 15.2 Å². The minimum absolute atomic E-state index is 0.0204. The first-order valence-corrected chi connectivity index (χ1v) is 6.91. The molecule has 0 aliphatic carbocycles. The number of amides is 2. The van der Waals surface area contributed by atoms with Gasteiger partial charge in [0.15, 0.2) is 6.04 Å². The van der Waals surface area contributed by atoms with Gasteiger partial charge < -0.3 is 20.1 Å². The number of nitrogens with one attached hydrogen (secondary N) is 1. The normalized spacial score (nSPS) is 18.3. The lowest BCUT2D eigenvalue weighted by molar-refractivity contribution is -0.147. The average molecular weight is 293 g/mol. The molecule has 2 amide bonds. The van der Waals surface area contributed by atoms with Gasteiger partial charge in [0.2, 0.25) is 0 Å². The van der Waals surface area contributed by atoms with Gasteiger partial charge in [-0.05, 0) is 18.1 Å². The monoisotopic (exact) mass is 293 g/mol. The number of aryl methyl sites for hydroxylation is 1. The maximum absolute atomic E-state index is 12.2. The Hall–Kier alpha value is -2.15. The Morgan fingerprint density at radius 2 is 2.38 bits per heavy atom. The summed E-state index contributed by atoms with van der Waals surface area (Å²) in [6, 6.07) is 2.47. The topological polar surface area (TPSA) is 91.8 Å². The molecule has 1 aromatic heterocycles. The number of carboxylic acids is 1. The highest BCUT2D eigenvalue weighted by molar-refractivity contribution is 5.83. The molecule has 1 aliphatic heterocycles. The minimum atomic E-state index is -1.06. The number of pyridine rings is 1. The van der Waals surface area contributed by atoms with Gasteiger partial charge in [-0.3, -0.25) is 4.98 Å². The van der Waals surface area contributed by atoms with Crippen molar-refractivity contribution in [1.29, 1.82) is 0 Å². The van der Waals surface area contributed by atoms with E-state index in [1.165, 1.54) is 4.90 Å². The van der Waals surface area contributed by atoms with Gasteiger partial charge in [-0.2, -0.15) is 0 Å². The Morgan fingerprint density at radius 3 is 3.10 bits per heavy atom. The summed E-state index contributed by atoms with van der Waals surface area (Å²) in [6.45, 7) is 2.94. The second-order valence-electron chi connectivity index (χ2n) is 4.74. The van der Waals surface area contributed by atoms with E-state index < -0.39 is 18.0 Å². The van der Waals surface area contributed by atoms with E-state index in [1.54, 1.807) is 6.20 Å². The summed E-state index contributed by atoms with van der Waals surface area (Å²) in [5.41, 5.74) is 1.86. The molecule has 1 fully saturated rings.